The Morgan fingerprint density at radius 1 is 0.778 bits per heavy atom. The lowest BCUT2D eigenvalue weighted by Crippen LogP contribution is -2.71. The zero-order valence-corrected chi connectivity index (χ0v) is 24.4. The summed E-state index contributed by atoms with van der Waals surface area (Å²) in [6.07, 6.45) is 0.884. The summed E-state index contributed by atoms with van der Waals surface area (Å²) in [6, 6.07) is 0. The van der Waals surface area contributed by atoms with Crippen molar-refractivity contribution in [2.45, 2.75) is 77.9 Å². The fourth-order valence-corrected chi connectivity index (χ4v) is 17.7. The van der Waals surface area contributed by atoms with Gasteiger partial charge >= 0.3 is 8.80 Å². The summed E-state index contributed by atoms with van der Waals surface area (Å²) < 4.78 is 20.7. The van der Waals surface area contributed by atoms with E-state index < -0.39 is 33.8 Å². The summed E-state index contributed by atoms with van der Waals surface area (Å²) in [5, 5.41) is 0. The highest BCUT2D eigenvalue weighted by Gasteiger charge is 2.57. The van der Waals surface area contributed by atoms with Gasteiger partial charge in [0.05, 0.1) is 5.67 Å². The number of hydrogen-bond acceptors (Lipinski definition) is 4. The van der Waals surface area contributed by atoms with E-state index in [1.165, 1.54) is 0 Å². The Kier molecular flexibility index (Phi) is 9.68. The second-order valence-electron chi connectivity index (χ2n) is 10.2. The minimum absolute atomic E-state index is 0.0313. The van der Waals surface area contributed by atoms with Gasteiger partial charge in [-0.2, -0.15) is 0 Å². The predicted molar refractivity (Wildman–Crippen MR) is 128 cm³/mol. The summed E-state index contributed by atoms with van der Waals surface area (Å²) in [5.41, 5.74) is 0.0313. The summed E-state index contributed by atoms with van der Waals surface area (Å²) in [6.45, 7) is 22.2. The van der Waals surface area contributed by atoms with Gasteiger partial charge in [-0.1, -0.05) is 6.92 Å². The zero-order valence-electron chi connectivity index (χ0n) is 20.4. The van der Waals surface area contributed by atoms with Crippen molar-refractivity contribution < 1.29 is 12.3 Å². The van der Waals surface area contributed by atoms with Gasteiger partial charge in [0.25, 0.3) is 0 Å². The van der Waals surface area contributed by atoms with Crippen LogP contribution >= 0.6 is 0 Å². The molecule has 0 aliphatic carbocycles. The van der Waals surface area contributed by atoms with Crippen LogP contribution in [0.1, 0.15) is 13.3 Å². The van der Waals surface area contributed by atoms with E-state index >= 15 is 0 Å². The van der Waals surface area contributed by atoms with Crippen molar-refractivity contribution in [1.29, 1.82) is 0 Å². The SMILES string of the molecule is CCC(N(C)C(=NC)N(C)C)[Si](O[Si](C)(C)C)(O[Si](C)(C)C)O[Si](C)(C)C. The summed E-state index contributed by atoms with van der Waals surface area (Å²) in [5.74, 6) is 0.913. The van der Waals surface area contributed by atoms with Crippen LogP contribution in [0.4, 0.5) is 0 Å². The molecule has 1 atom stereocenters. The molecule has 0 rings (SSSR count). The molecule has 0 fully saturated rings. The van der Waals surface area contributed by atoms with E-state index in [1.807, 2.05) is 26.0 Å². The summed E-state index contributed by atoms with van der Waals surface area (Å²) in [7, 11) is -0.790. The molecule has 0 heterocycles. The van der Waals surface area contributed by atoms with Crippen LogP contribution in [-0.4, -0.2) is 83.4 Å². The maximum Gasteiger partial charge on any atom is 0.493 e. The van der Waals surface area contributed by atoms with E-state index in [0.29, 0.717) is 0 Å². The molecule has 0 saturated carbocycles. The van der Waals surface area contributed by atoms with Crippen molar-refractivity contribution in [3.05, 3.63) is 0 Å². The molecule has 10 heteroatoms. The van der Waals surface area contributed by atoms with E-state index in [1.54, 1.807) is 0 Å². The maximum atomic E-state index is 6.91. The largest absolute Gasteiger partial charge is 0.493 e. The molecule has 0 radical (unpaired) electrons. The molecule has 6 nitrogen and oxygen atoms in total. The van der Waals surface area contributed by atoms with E-state index in [4.69, 9.17) is 12.3 Å². The number of rotatable bonds is 9. The molecule has 162 valence electrons. The third-order valence-electron chi connectivity index (χ3n) is 3.52. The van der Waals surface area contributed by atoms with Crippen LogP contribution in [-0.2, 0) is 12.3 Å². The number of nitrogens with zero attached hydrogens (tertiary/aromatic N) is 3. The molecule has 0 saturated heterocycles. The molecule has 0 N–H and O–H groups in total. The second-order valence-corrected chi connectivity index (χ2v) is 27.2. The van der Waals surface area contributed by atoms with Crippen LogP contribution < -0.4 is 0 Å². The van der Waals surface area contributed by atoms with Gasteiger partial charge in [0.1, 0.15) is 0 Å². The first-order valence-electron chi connectivity index (χ1n) is 9.85. The molecule has 0 aromatic carbocycles. The molecule has 0 aromatic rings. The Morgan fingerprint density at radius 3 is 1.30 bits per heavy atom. The van der Waals surface area contributed by atoms with Gasteiger partial charge in [-0.3, -0.25) is 4.99 Å². The van der Waals surface area contributed by atoms with Gasteiger partial charge in [-0.05, 0) is 65.3 Å². The first kappa shape index (κ1) is 27.0. The monoisotopic (exact) mass is 451 g/mol. The van der Waals surface area contributed by atoms with Gasteiger partial charge < -0.3 is 22.1 Å². The van der Waals surface area contributed by atoms with E-state index in [-0.39, 0.29) is 5.67 Å². The molecule has 0 amide bonds. The van der Waals surface area contributed by atoms with Crippen LogP contribution in [0.15, 0.2) is 4.99 Å². The van der Waals surface area contributed by atoms with Gasteiger partial charge in [0.15, 0.2) is 30.9 Å². The van der Waals surface area contributed by atoms with E-state index in [0.717, 1.165) is 12.4 Å². The van der Waals surface area contributed by atoms with Gasteiger partial charge in [-0.15, -0.1) is 0 Å². The average molecular weight is 452 g/mol. The lowest BCUT2D eigenvalue weighted by molar-refractivity contribution is 0.195. The van der Waals surface area contributed by atoms with Gasteiger partial charge in [-0.25, -0.2) is 0 Å². The number of guanidine groups is 1. The van der Waals surface area contributed by atoms with Crippen LogP contribution in [0.5, 0.6) is 0 Å². The quantitative estimate of drug-likeness (QED) is 0.297. The molecular weight excluding hydrogens is 407 g/mol. The Balaban J connectivity index is 6.51. The topological polar surface area (TPSA) is 46.5 Å². The molecule has 27 heavy (non-hydrogen) atoms. The predicted octanol–water partition coefficient (Wildman–Crippen LogP) is 4.28. The van der Waals surface area contributed by atoms with Crippen molar-refractivity contribution in [3.8, 4) is 0 Å². The molecule has 1 unspecified atom stereocenters. The first-order valence-corrected chi connectivity index (χ1v) is 21.9. The molecule has 0 aliphatic heterocycles. The smallest absolute Gasteiger partial charge is 0.416 e. The Labute approximate surface area is 173 Å². The summed E-state index contributed by atoms with van der Waals surface area (Å²) in [4.78, 5) is 8.77. The lowest BCUT2D eigenvalue weighted by atomic mass is 10.4. The third kappa shape index (κ3) is 9.37. The fraction of sp³-hybridized carbons (Fsp3) is 0.941. The Hall–Kier alpha value is 0.0175. The highest BCUT2D eigenvalue weighted by Crippen LogP contribution is 2.32. The van der Waals surface area contributed by atoms with Crippen LogP contribution in [0.2, 0.25) is 58.9 Å². The van der Waals surface area contributed by atoms with Crippen LogP contribution in [0.25, 0.3) is 0 Å². The standard InChI is InChI=1S/C17H45N3O3Si4/c1-15-16(20(5)17(18-2)19(3)4)27(21-24(6,7)8,22-25(9,10)11)23-26(12,13)14/h16H,15H2,1-14H3. The zero-order chi connectivity index (χ0) is 21.8. The number of aliphatic imine (C=N–C) groups is 1. The van der Waals surface area contributed by atoms with E-state index in [2.05, 4.69) is 82.8 Å². The van der Waals surface area contributed by atoms with Crippen molar-refractivity contribution in [2.75, 3.05) is 28.2 Å². The minimum Gasteiger partial charge on any atom is -0.416 e. The van der Waals surface area contributed by atoms with Crippen molar-refractivity contribution in [3.63, 3.8) is 0 Å². The maximum absolute atomic E-state index is 6.91. The average Bonchev–Trinajstić information content (AvgIpc) is 2.32. The molecule has 0 aliphatic rings. The number of hydrogen-bond donors (Lipinski definition) is 0. The molecule has 0 aromatic heterocycles. The Morgan fingerprint density at radius 2 is 1.11 bits per heavy atom. The highest BCUT2D eigenvalue weighted by atomic mass is 28.5. The van der Waals surface area contributed by atoms with E-state index in [9.17, 15) is 0 Å². The Bertz CT molecular complexity index is 456. The lowest BCUT2D eigenvalue weighted by Gasteiger charge is -2.49. The molecule has 0 bridgehead atoms. The normalized spacial score (nSPS) is 15.7. The van der Waals surface area contributed by atoms with Crippen molar-refractivity contribution >= 4 is 39.7 Å². The molecular formula is C17H45N3O3Si4. The third-order valence-corrected chi connectivity index (χ3v) is 15.9. The van der Waals surface area contributed by atoms with Crippen molar-refractivity contribution in [2.24, 2.45) is 4.99 Å². The minimum atomic E-state index is -3.02. The molecule has 0 spiro atoms. The highest BCUT2D eigenvalue weighted by molar-refractivity contribution is 6.90. The van der Waals surface area contributed by atoms with Crippen LogP contribution in [0.3, 0.4) is 0 Å². The van der Waals surface area contributed by atoms with Gasteiger partial charge in [0.2, 0.25) is 0 Å². The van der Waals surface area contributed by atoms with Crippen molar-refractivity contribution in [1.82, 2.24) is 9.80 Å². The van der Waals surface area contributed by atoms with Gasteiger partial charge in [0, 0.05) is 28.2 Å². The second kappa shape index (κ2) is 9.68. The fourth-order valence-electron chi connectivity index (χ4n) is 3.12. The summed E-state index contributed by atoms with van der Waals surface area (Å²) >= 11 is 0. The first-order chi connectivity index (χ1) is 11.9. The van der Waals surface area contributed by atoms with Crippen LogP contribution in [0, 0.1) is 0 Å².